The predicted molar refractivity (Wildman–Crippen MR) is 126 cm³/mol. The minimum atomic E-state index is -4.03. The van der Waals surface area contributed by atoms with Crippen LogP contribution in [0.2, 0.25) is 10.0 Å². The summed E-state index contributed by atoms with van der Waals surface area (Å²) in [6.07, 6.45) is 0. The number of anilines is 1. The van der Waals surface area contributed by atoms with Gasteiger partial charge >= 0.3 is 0 Å². The highest BCUT2D eigenvalue weighted by Crippen LogP contribution is 2.42. The number of halogens is 3. The van der Waals surface area contributed by atoms with E-state index in [1.165, 1.54) is 12.1 Å². The molecule has 3 aromatic carbocycles. The largest absolute Gasteiger partial charge is 0.507 e. The fourth-order valence-electron chi connectivity index (χ4n) is 2.71. The van der Waals surface area contributed by atoms with Crippen molar-refractivity contribution in [3.63, 3.8) is 0 Å². The highest BCUT2D eigenvalue weighted by molar-refractivity contribution is 9.10. The molecule has 0 heterocycles. The third kappa shape index (κ3) is 4.64. The predicted octanol–water partition coefficient (Wildman–Crippen LogP) is 6.33. The molecule has 0 saturated heterocycles. The first kappa shape index (κ1) is 22.6. The van der Waals surface area contributed by atoms with Gasteiger partial charge in [0.15, 0.2) is 5.84 Å². The summed E-state index contributed by atoms with van der Waals surface area (Å²) < 4.78 is 30.6. The Labute approximate surface area is 193 Å². The van der Waals surface area contributed by atoms with Crippen LogP contribution in [-0.2, 0) is 10.0 Å². The van der Waals surface area contributed by atoms with E-state index in [4.69, 9.17) is 23.2 Å². The Morgan fingerprint density at radius 1 is 0.967 bits per heavy atom. The van der Waals surface area contributed by atoms with Crippen LogP contribution in [-0.4, -0.2) is 19.4 Å². The zero-order valence-corrected chi connectivity index (χ0v) is 19.9. The zero-order chi connectivity index (χ0) is 22.1. The van der Waals surface area contributed by atoms with Crippen LogP contribution in [0, 0.1) is 13.8 Å². The van der Waals surface area contributed by atoms with Crippen molar-refractivity contribution >= 4 is 60.7 Å². The Bertz CT molecular complexity index is 1200. The summed E-state index contributed by atoms with van der Waals surface area (Å²) >= 11 is 16.1. The first-order chi connectivity index (χ1) is 14.1. The summed E-state index contributed by atoms with van der Waals surface area (Å²) in [6, 6.07) is 14.9. The van der Waals surface area contributed by atoms with Gasteiger partial charge in [-0.3, -0.25) is 0 Å². The topological polar surface area (TPSA) is 78.8 Å². The van der Waals surface area contributed by atoms with Crippen molar-refractivity contribution in [2.45, 2.75) is 18.7 Å². The lowest BCUT2D eigenvalue weighted by Gasteiger charge is -2.17. The number of aromatic hydroxyl groups is 1. The third-order valence-corrected chi connectivity index (χ3v) is 7.19. The summed E-state index contributed by atoms with van der Waals surface area (Å²) in [5, 5.41) is 13.5. The Morgan fingerprint density at radius 3 is 2.03 bits per heavy atom. The second-order valence-corrected chi connectivity index (χ2v) is 9.74. The van der Waals surface area contributed by atoms with Crippen LogP contribution in [0.15, 0.2) is 68.4 Å². The maximum absolute atomic E-state index is 12.9. The fourth-order valence-corrected chi connectivity index (χ4v) is 4.46. The molecular weight excluding hydrogens is 511 g/mol. The van der Waals surface area contributed by atoms with Gasteiger partial charge in [-0.1, -0.05) is 69.5 Å². The molecule has 0 atom stereocenters. The van der Waals surface area contributed by atoms with Gasteiger partial charge in [0.2, 0.25) is 0 Å². The van der Waals surface area contributed by atoms with Gasteiger partial charge in [-0.05, 0) is 38.1 Å². The van der Waals surface area contributed by atoms with Gasteiger partial charge in [0, 0.05) is 21.2 Å². The molecule has 3 rings (SSSR count). The van der Waals surface area contributed by atoms with Crippen LogP contribution in [0.5, 0.6) is 5.75 Å². The molecule has 0 aliphatic carbocycles. The Kier molecular flexibility index (Phi) is 6.77. The van der Waals surface area contributed by atoms with E-state index in [-0.39, 0.29) is 32.2 Å². The third-order valence-electron chi connectivity index (χ3n) is 4.42. The first-order valence-electron chi connectivity index (χ1n) is 8.72. The Morgan fingerprint density at radius 2 is 1.50 bits per heavy atom. The molecule has 9 heteroatoms. The number of benzene rings is 3. The molecule has 0 fully saturated rings. The molecule has 0 aromatic heterocycles. The van der Waals surface area contributed by atoms with Crippen molar-refractivity contribution in [1.29, 1.82) is 0 Å². The van der Waals surface area contributed by atoms with E-state index in [1.807, 2.05) is 0 Å². The number of nitrogens with one attached hydrogen (secondary N) is 1. The maximum Gasteiger partial charge on any atom is 0.284 e. The summed E-state index contributed by atoms with van der Waals surface area (Å²) in [4.78, 5) is 0.0381. The number of phenols is 1. The second kappa shape index (κ2) is 8.98. The van der Waals surface area contributed by atoms with Crippen molar-refractivity contribution in [3.05, 3.63) is 85.8 Å². The normalized spacial score (nSPS) is 12.1. The van der Waals surface area contributed by atoms with Crippen LogP contribution in [0.3, 0.4) is 0 Å². The van der Waals surface area contributed by atoms with Gasteiger partial charge in [-0.15, -0.1) is 4.40 Å². The summed E-state index contributed by atoms with van der Waals surface area (Å²) in [6.45, 7) is 3.29. The van der Waals surface area contributed by atoms with E-state index < -0.39 is 10.0 Å². The quantitative estimate of drug-likeness (QED) is 0.236. The molecule has 0 unspecified atom stereocenters. The molecule has 156 valence electrons. The molecule has 0 amide bonds. The number of amidine groups is 1. The standard InChI is InChI=1S/C21H17BrCl2N2O3S/c1-12-17(23)19(18(24)13(2)20(12)27)25-21(14-6-4-3-5-7-14)26-30(28,29)16-10-8-15(22)9-11-16/h3-11,27H,1-2H3,(H,25,26). The minimum Gasteiger partial charge on any atom is -0.507 e. The van der Waals surface area contributed by atoms with Crippen LogP contribution in [0.1, 0.15) is 16.7 Å². The lowest BCUT2D eigenvalue weighted by molar-refractivity contribution is 0.467. The summed E-state index contributed by atoms with van der Waals surface area (Å²) in [7, 11) is -4.03. The van der Waals surface area contributed by atoms with E-state index in [9.17, 15) is 13.5 Å². The molecule has 30 heavy (non-hydrogen) atoms. The highest BCUT2D eigenvalue weighted by atomic mass is 79.9. The molecule has 2 N–H and O–H groups in total. The Balaban J connectivity index is 2.17. The van der Waals surface area contributed by atoms with Gasteiger partial charge < -0.3 is 10.4 Å². The van der Waals surface area contributed by atoms with Gasteiger partial charge in [-0.2, -0.15) is 8.42 Å². The molecule has 0 saturated carbocycles. The number of sulfonamides is 1. The average Bonchev–Trinajstić information content (AvgIpc) is 2.74. The van der Waals surface area contributed by atoms with Crippen molar-refractivity contribution in [2.75, 3.05) is 5.32 Å². The van der Waals surface area contributed by atoms with Crippen LogP contribution in [0.4, 0.5) is 5.69 Å². The Hall–Kier alpha value is -2.06. The van der Waals surface area contributed by atoms with Crippen LogP contribution >= 0.6 is 39.1 Å². The second-order valence-electron chi connectivity index (χ2n) is 6.46. The van der Waals surface area contributed by atoms with Crippen molar-refractivity contribution in [3.8, 4) is 5.75 Å². The molecule has 0 spiro atoms. The highest BCUT2D eigenvalue weighted by Gasteiger charge is 2.21. The van der Waals surface area contributed by atoms with E-state index in [0.717, 1.165) is 4.47 Å². The van der Waals surface area contributed by atoms with E-state index in [1.54, 1.807) is 56.3 Å². The van der Waals surface area contributed by atoms with Crippen molar-refractivity contribution < 1.29 is 13.5 Å². The zero-order valence-electron chi connectivity index (χ0n) is 15.9. The average molecular weight is 528 g/mol. The van der Waals surface area contributed by atoms with Gasteiger partial charge in [0.05, 0.1) is 20.6 Å². The summed E-state index contributed by atoms with van der Waals surface area (Å²) in [5.74, 6) is 0.0306. The van der Waals surface area contributed by atoms with Gasteiger partial charge in [0.1, 0.15) is 5.75 Å². The molecule has 5 nitrogen and oxygen atoms in total. The lowest BCUT2D eigenvalue weighted by Crippen LogP contribution is -2.17. The minimum absolute atomic E-state index is 0.0174. The smallest absolute Gasteiger partial charge is 0.284 e. The van der Waals surface area contributed by atoms with Crippen molar-refractivity contribution in [2.24, 2.45) is 4.40 Å². The van der Waals surface area contributed by atoms with Gasteiger partial charge in [0.25, 0.3) is 10.0 Å². The molecule has 0 radical (unpaired) electrons. The van der Waals surface area contributed by atoms with E-state index in [2.05, 4.69) is 25.6 Å². The first-order valence-corrected chi connectivity index (χ1v) is 11.7. The number of phenolic OH excluding ortho intramolecular Hbond substituents is 1. The van der Waals surface area contributed by atoms with Crippen LogP contribution < -0.4 is 5.32 Å². The number of hydrogen-bond acceptors (Lipinski definition) is 3. The number of rotatable bonds is 4. The molecule has 0 aliphatic rings. The summed E-state index contributed by atoms with van der Waals surface area (Å²) in [5.41, 5.74) is 1.63. The van der Waals surface area contributed by atoms with Gasteiger partial charge in [-0.25, -0.2) is 0 Å². The van der Waals surface area contributed by atoms with Crippen molar-refractivity contribution in [1.82, 2.24) is 0 Å². The molecule has 3 aromatic rings. The monoisotopic (exact) mass is 526 g/mol. The van der Waals surface area contributed by atoms with Crippen LogP contribution in [0.25, 0.3) is 0 Å². The lowest BCUT2D eigenvalue weighted by atomic mass is 10.1. The molecule has 0 bridgehead atoms. The number of hydrogen-bond donors (Lipinski definition) is 2. The number of nitrogens with zero attached hydrogens (tertiary/aromatic N) is 1. The maximum atomic E-state index is 12.9. The SMILES string of the molecule is Cc1c(O)c(C)c(Cl)c(NC(=NS(=O)(=O)c2ccc(Br)cc2)c2ccccc2)c1Cl. The fraction of sp³-hybridized carbons (Fsp3) is 0.0952. The molecule has 0 aliphatic heterocycles. The van der Waals surface area contributed by atoms with E-state index >= 15 is 0 Å². The van der Waals surface area contributed by atoms with E-state index in [0.29, 0.717) is 16.7 Å². The molecular formula is C21H17BrCl2N2O3S.